The van der Waals surface area contributed by atoms with Gasteiger partial charge in [-0.3, -0.25) is 4.79 Å². The van der Waals surface area contributed by atoms with Gasteiger partial charge in [0.05, 0.1) is 12.5 Å². The van der Waals surface area contributed by atoms with Crippen molar-refractivity contribution in [1.82, 2.24) is 15.2 Å². The summed E-state index contributed by atoms with van der Waals surface area (Å²) in [5.74, 6) is 0.871. The van der Waals surface area contributed by atoms with Gasteiger partial charge in [0.15, 0.2) is 11.5 Å². The van der Waals surface area contributed by atoms with Crippen LogP contribution < -0.4 is 5.32 Å². The molecule has 0 aliphatic carbocycles. The summed E-state index contributed by atoms with van der Waals surface area (Å²) in [5.41, 5.74) is 1.65. The largest absolute Gasteiger partial charge is 0.441 e. The van der Waals surface area contributed by atoms with Crippen LogP contribution in [0.25, 0.3) is 11.1 Å². The van der Waals surface area contributed by atoms with Gasteiger partial charge in [-0.2, -0.15) is 0 Å². The van der Waals surface area contributed by atoms with E-state index in [9.17, 15) is 4.79 Å². The number of ether oxygens (including phenoxy) is 1. The first-order valence-electron chi connectivity index (χ1n) is 8.09. The normalized spacial score (nSPS) is 18.6. The maximum Gasteiger partial charge on any atom is 0.224 e. The maximum absolute atomic E-state index is 12.2. The second kappa shape index (κ2) is 7.57. The minimum absolute atomic E-state index is 0.0792. The molecule has 1 aromatic carbocycles. The zero-order chi connectivity index (χ0) is 16.1. The number of rotatable bonds is 7. The van der Waals surface area contributed by atoms with Crippen molar-refractivity contribution in [3.63, 3.8) is 0 Å². The van der Waals surface area contributed by atoms with E-state index in [4.69, 9.17) is 9.15 Å². The Bertz CT molecular complexity index is 622. The number of oxazole rings is 1. The third kappa shape index (κ3) is 4.09. The Morgan fingerprint density at radius 2 is 2.35 bits per heavy atom. The molecule has 124 valence electrons. The Labute approximate surface area is 135 Å². The predicted molar refractivity (Wildman–Crippen MR) is 87.1 cm³/mol. The highest BCUT2D eigenvalue weighted by molar-refractivity contribution is 5.79. The molecule has 2 aromatic rings. The lowest BCUT2D eigenvalue weighted by Gasteiger charge is -2.15. The van der Waals surface area contributed by atoms with Crippen LogP contribution in [0.2, 0.25) is 0 Å². The first kappa shape index (κ1) is 16.0. The summed E-state index contributed by atoms with van der Waals surface area (Å²) in [6.45, 7) is 3.94. The van der Waals surface area contributed by atoms with Crippen LogP contribution in [0, 0.1) is 5.92 Å². The van der Waals surface area contributed by atoms with Crippen LogP contribution in [0.5, 0.6) is 0 Å². The maximum atomic E-state index is 12.2. The van der Waals surface area contributed by atoms with Crippen molar-refractivity contribution in [2.24, 2.45) is 5.92 Å². The molecular formula is C17H23N3O3. The average molecular weight is 317 g/mol. The van der Waals surface area contributed by atoms with Crippen molar-refractivity contribution >= 4 is 17.0 Å². The molecule has 0 spiro atoms. The predicted octanol–water partition coefficient (Wildman–Crippen LogP) is 1.45. The molecule has 0 unspecified atom stereocenters. The van der Waals surface area contributed by atoms with Gasteiger partial charge in [0, 0.05) is 33.2 Å². The number of aromatic nitrogens is 1. The second-order valence-electron chi connectivity index (χ2n) is 5.90. The smallest absolute Gasteiger partial charge is 0.224 e. The van der Waals surface area contributed by atoms with Gasteiger partial charge >= 0.3 is 0 Å². The quantitative estimate of drug-likeness (QED) is 0.837. The van der Waals surface area contributed by atoms with E-state index < -0.39 is 0 Å². The summed E-state index contributed by atoms with van der Waals surface area (Å²) in [6.07, 6.45) is 1.53. The minimum Gasteiger partial charge on any atom is -0.441 e. The zero-order valence-corrected chi connectivity index (χ0v) is 13.5. The summed E-state index contributed by atoms with van der Waals surface area (Å²) in [7, 11) is 1.70. The Balaban J connectivity index is 1.42. The van der Waals surface area contributed by atoms with Crippen LogP contribution in [0.4, 0.5) is 0 Å². The lowest BCUT2D eigenvalue weighted by atomic mass is 10.1. The van der Waals surface area contributed by atoms with Crippen LogP contribution in [0.3, 0.4) is 0 Å². The molecule has 1 aromatic heterocycles. The highest BCUT2D eigenvalue weighted by atomic mass is 16.5. The van der Waals surface area contributed by atoms with E-state index in [1.165, 1.54) is 0 Å². The van der Waals surface area contributed by atoms with E-state index >= 15 is 0 Å². The van der Waals surface area contributed by atoms with Crippen molar-refractivity contribution in [2.45, 2.75) is 12.8 Å². The number of para-hydroxylation sites is 2. The molecule has 0 radical (unpaired) electrons. The molecular weight excluding hydrogens is 294 g/mol. The number of carbonyl (C=O) groups is 1. The molecule has 3 rings (SSSR count). The number of hydrogen-bond acceptors (Lipinski definition) is 5. The molecule has 1 atom stereocenters. The van der Waals surface area contributed by atoms with E-state index in [2.05, 4.69) is 15.2 Å². The number of hydrogen-bond donors (Lipinski definition) is 1. The molecule has 1 amide bonds. The van der Waals surface area contributed by atoms with Gasteiger partial charge in [-0.25, -0.2) is 4.98 Å². The molecule has 1 N–H and O–H groups in total. The number of carbonyl (C=O) groups excluding carboxylic acids is 1. The number of nitrogens with one attached hydrogen (secondary N) is 1. The summed E-state index contributed by atoms with van der Waals surface area (Å²) in [5, 5.41) is 3.00. The topological polar surface area (TPSA) is 67.6 Å². The van der Waals surface area contributed by atoms with Crippen molar-refractivity contribution in [2.75, 3.05) is 39.9 Å². The third-order valence-electron chi connectivity index (χ3n) is 4.23. The molecule has 1 fully saturated rings. The first-order chi connectivity index (χ1) is 11.3. The van der Waals surface area contributed by atoms with E-state index in [0.29, 0.717) is 25.5 Å². The molecule has 1 aliphatic heterocycles. The van der Waals surface area contributed by atoms with E-state index in [-0.39, 0.29) is 11.8 Å². The standard InChI is InChI=1S/C17H23N3O3/c1-22-11-10-20-9-7-13(12-20)17(21)18-8-6-16-19-14-4-2-3-5-15(14)23-16/h2-5,13H,6-12H2,1H3,(H,18,21)/t13-/m0/s1. The van der Waals surface area contributed by atoms with Crippen LogP contribution in [0.15, 0.2) is 28.7 Å². The van der Waals surface area contributed by atoms with Crippen molar-refractivity contribution < 1.29 is 13.9 Å². The van der Waals surface area contributed by atoms with Gasteiger partial charge in [-0.05, 0) is 25.1 Å². The van der Waals surface area contributed by atoms with Gasteiger partial charge in [0.2, 0.25) is 5.91 Å². The van der Waals surface area contributed by atoms with Gasteiger partial charge in [-0.15, -0.1) is 0 Å². The fourth-order valence-electron chi connectivity index (χ4n) is 2.93. The fourth-order valence-corrected chi connectivity index (χ4v) is 2.93. The van der Waals surface area contributed by atoms with Crippen molar-refractivity contribution in [1.29, 1.82) is 0 Å². The Morgan fingerprint density at radius 1 is 1.48 bits per heavy atom. The van der Waals surface area contributed by atoms with Crippen LogP contribution in [-0.4, -0.2) is 55.7 Å². The Morgan fingerprint density at radius 3 is 3.17 bits per heavy atom. The number of likely N-dealkylation sites (tertiary alicyclic amines) is 1. The second-order valence-corrected chi connectivity index (χ2v) is 5.90. The lowest BCUT2D eigenvalue weighted by Crippen LogP contribution is -2.34. The zero-order valence-electron chi connectivity index (χ0n) is 13.5. The summed E-state index contributed by atoms with van der Waals surface area (Å²) in [6, 6.07) is 7.69. The summed E-state index contributed by atoms with van der Waals surface area (Å²) in [4.78, 5) is 18.9. The molecule has 6 nitrogen and oxygen atoms in total. The molecule has 0 saturated carbocycles. The number of fused-ring (bicyclic) bond motifs is 1. The summed E-state index contributed by atoms with van der Waals surface area (Å²) >= 11 is 0. The highest BCUT2D eigenvalue weighted by Gasteiger charge is 2.27. The van der Waals surface area contributed by atoms with Crippen molar-refractivity contribution in [3.05, 3.63) is 30.2 Å². The van der Waals surface area contributed by atoms with Crippen LogP contribution in [0.1, 0.15) is 12.3 Å². The van der Waals surface area contributed by atoms with Gasteiger partial charge in [0.1, 0.15) is 5.52 Å². The lowest BCUT2D eigenvalue weighted by molar-refractivity contribution is -0.124. The average Bonchev–Trinajstić information content (AvgIpc) is 3.19. The third-order valence-corrected chi connectivity index (χ3v) is 4.23. The van der Waals surface area contributed by atoms with Crippen molar-refractivity contribution in [3.8, 4) is 0 Å². The number of nitrogens with zero attached hydrogens (tertiary/aromatic N) is 2. The van der Waals surface area contributed by atoms with Gasteiger partial charge in [0.25, 0.3) is 0 Å². The molecule has 0 bridgehead atoms. The number of benzene rings is 1. The first-order valence-corrected chi connectivity index (χ1v) is 8.09. The molecule has 1 aliphatic rings. The molecule has 23 heavy (non-hydrogen) atoms. The van der Waals surface area contributed by atoms with E-state index in [0.717, 1.165) is 37.2 Å². The van der Waals surface area contributed by atoms with Crippen LogP contribution >= 0.6 is 0 Å². The summed E-state index contributed by atoms with van der Waals surface area (Å²) < 4.78 is 10.7. The molecule has 2 heterocycles. The highest BCUT2D eigenvalue weighted by Crippen LogP contribution is 2.16. The van der Waals surface area contributed by atoms with E-state index in [1.807, 2.05) is 24.3 Å². The monoisotopic (exact) mass is 317 g/mol. The Hall–Kier alpha value is -1.92. The SMILES string of the molecule is COCCN1CC[C@H](C(=O)NCCc2nc3ccccc3o2)C1. The Kier molecular flexibility index (Phi) is 5.25. The molecule has 1 saturated heterocycles. The van der Waals surface area contributed by atoms with E-state index in [1.54, 1.807) is 7.11 Å². The molecule has 6 heteroatoms. The van der Waals surface area contributed by atoms with Gasteiger partial charge in [-0.1, -0.05) is 12.1 Å². The van der Waals surface area contributed by atoms with Gasteiger partial charge < -0.3 is 19.4 Å². The minimum atomic E-state index is 0.0792. The number of methoxy groups -OCH3 is 1. The van der Waals surface area contributed by atoms with Crippen LogP contribution in [-0.2, 0) is 16.0 Å². The number of amides is 1. The fraction of sp³-hybridized carbons (Fsp3) is 0.529.